The molecule has 0 bridgehead atoms. The third kappa shape index (κ3) is 5.63. The molecule has 156 valence electrons. The van der Waals surface area contributed by atoms with Crippen molar-refractivity contribution in [2.45, 2.75) is 32.6 Å². The number of carbonyl (C=O) groups is 1. The Bertz CT molecular complexity index is 946. The number of benzene rings is 3. The van der Waals surface area contributed by atoms with E-state index in [0.29, 0.717) is 30.3 Å². The number of esters is 1. The maximum Gasteiger partial charge on any atom is 0.347 e. The number of ether oxygens (including phenoxy) is 3. The van der Waals surface area contributed by atoms with Crippen LogP contribution in [0.3, 0.4) is 0 Å². The van der Waals surface area contributed by atoms with Crippen LogP contribution in [0.5, 0.6) is 17.2 Å². The fourth-order valence-corrected chi connectivity index (χ4v) is 2.93. The molecular weight excluding hydrogens is 376 g/mol. The van der Waals surface area contributed by atoms with Crippen LogP contribution in [0.1, 0.15) is 43.1 Å². The van der Waals surface area contributed by atoms with Gasteiger partial charge in [-0.2, -0.15) is 0 Å². The Morgan fingerprint density at radius 1 is 0.767 bits per heavy atom. The molecule has 0 saturated heterocycles. The van der Waals surface area contributed by atoms with E-state index in [9.17, 15) is 4.79 Å². The first-order valence-electron chi connectivity index (χ1n) is 10.2. The van der Waals surface area contributed by atoms with Crippen LogP contribution in [0.2, 0.25) is 0 Å². The van der Waals surface area contributed by atoms with Gasteiger partial charge < -0.3 is 14.2 Å². The van der Waals surface area contributed by atoms with Gasteiger partial charge in [-0.05, 0) is 53.8 Å². The second kappa shape index (κ2) is 9.97. The normalized spacial score (nSPS) is 11.0. The Labute approximate surface area is 178 Å². The van der Waals surface area contributed by atoms with Crippen LogP contribution in [0, 0.1) is 0 Å². The van der Waals surface area contributed by atoms with E-state index in [1.54, 1.807) is 18.2 Å². The van der Waals surface area contributed by atoms with Crippen molar-refractivity contribution in [3.63, 3.8) is 0 Å². The zero-order valence-electron chi connectivity index (χ0n) is 17.8. The maximum absolute atomic E-state index is 12.7. The van der Waals surface area contributed by atoms with Crippen LogP contribution in [-0.4, -0.2) is 19.2 Å². The molecule has 0 N–H and O–H groups in total. The second-order valence-corrected chi connectivity index (χ2v) is 7.66. The lowest BCUT2D eigenvalue weighted by atomic mass is 9.82. The minimum absolute atomic E-state index is 0.0881. The van der Waals surface area contributed by atoms with Gasteiger partial charge in [0.05, 0.1) is 0 Å². The molecule has 0 radical (unpaired) electrons. The van der Waals surface area contributed by atoms with E-state index in [1.807, 2.05) is 60.7 Å². The summed E-state index contributed by atoms with van der Waals surface area (Å²) in [6, 6.07) is 24.3. The van der Waals surface area contributed by atoms with Crippen LogP contribution < -0.4 is 14.2 Å². The molecule has 0 aromatic heterocycles. The smallest absolute Gasteiger partial charge is 0.347 e. The van der Waals surface area contributed by atoms with Crippen LogP contribution >= 0.6 is 0 Å². The van der Waals surface area contributed by atoms with E-state index in [1.165, 1.54) is 5.56 Å². The van der Waals surface area contributed by atoms with Crippen molar-refractivity contribution in [2.24, 2.45) is 0 Å². The first-order valence-corrected chi connectivity index (χ1v) is 10.2. The van der Waals surface area contributed by atoms with Gasteiger partial charge >= 0.3 is 5.97 Å². The van der Waals surface area contributed by atoms with Gasteiger partial charge in [-0.1, -0.05) is 63.2 Å². The summed E-state index contributed by atoms with van der Waals surface area (Å²) in [4.78, 5) is 12.7. The van der Waals surface area contributed by atoms with E-state index in [-0.39, 0.29) is 5.41 Å². The first kappa shape index (κ1) is 21.4. The molecule has 3 aromatic carbocycles. The lowest BCUT2D eigenvalue weighted by Gasteiger charge is -2.23. The lowest BCUT2D eigenvalue weighted by molar-refractivity contribution is 0.0729. The van der Waals surface area contributed by atoms with Gasteiger partial charge in [-0.3, -0.25) is 0 Å². The summed E-state index contributed by atoms with van der Waals surface area (Å²) in [5, 5.41) is 0. The molecule has 0 unspecified atom stereocenters. The quantitative estimate of drug-likeness (QED) is 0.247. The highest BCUT2D eigenvalue weighted by Crippen LogP contribution is 2.28. The summed E-state index contributed by atoms with van der Waals surface area (Å²) in [6.07, 6.45) is 1.03. The Kier molecular flexibility index (Phi) is 7.12. The van der Waals surface area contributed by atoms with E-state index in [4.69, 9.17) is 14.2 Å². The SMILES string of the molecule is CCC(C)(C)c1ccc(OC(=O)c2ccccc2OCCOc2ccccc2)cc1. The number of rotatable bonds is 9. The third-order valence-corrected chi connectivity index (χ3v) is 5.19. The summed E-state index contributed by atoms with van der Waals surface area (Å²) in [6.45, 7) is 7.25. The Morgan fingerprint density at radius 2 is 1.40 bits per heavy atom. The molecule has 3 rings (SSSR count). The van der Waals surface area contributed by atoms with Gasteiger partial charge in [0.1, 0.15) is 36.0 Å². The summed E-state index contributed by atoms with van der Waals surface area (Å²) < 4.78 is 17.0. The molecule has 4 heteroatoms. The molecule has 30 heavy (non-hydrogen) atoms. The lowest BCUT2D eigenvalue weighted by Crippen LogP contribution is -2.16. The Hall–Kier alpha value is -3.27. The summed E-state index contributed by atoms with van der Waals surface area (Å²) in [5.41, 5.74) is 1.69. The van der Waals surface area contributed by atoms with Crippen molar-refractivity contribution in [3.8, 4) is 17.2 Å². The highest BCUT2D eigenvalue weighted by atomic mass is 16.5. The number of para-hydroxylation sites is 2. The summed E-state index contributed by atoms with van der Waals surface area (Å²) in [5.74, 6) is 1.32. The van der Waals surface area contributed by atoms with E-state index in [0.717, 1.165) is 12.2 Å². The van der Waals surface area contributed by atoms with E-state index >= 15 is 0 Å². The first-order chi connectivity index (χ1) is 14.5. The monoisotopic (exact) mass is 404 g/mol. The van der Waals surface area contributed by atoms with Crippen molar-refractivity contribution in [1.29, 1.82) is 0 Å². The predicted octanol–water partition coefficient (Wildman–Crippen LogP) is 6.05. The van der Waals surface area contributed by atoms with Gasteiger partial charge in [0.25, 0.3) is 0 Å². The van der Waals surface area contributed by atoms with Crippen molar-refractivity contribution in [3.05, 3.63) is 90.0 Å². The van der Waals surface area contributed by atoms with E-state index in [2.05, 4.69) is 20.8 Å². The molecule has 4 nitrogen and oxygen atoms in total. The van der Waals surface area contributed by atoms with E-state index < -0.39 is 5.97 Å². The van der Waals surface area contributed by atoms with Gasteiger partial charge in [-0.25, -0.2) is 4.79 Å². The minimum Gasteiger partial charge on any atom is -0.490 e. The second-order valence-electron chi connectivity index (χ2n) is 7.66. The van der Waals surface area contributed by atoms with Gasteiger partial charge in [0.2, 0.25) is 0 Å². The Morgan fingerprint density at radius 3 is 2.10 bits per heavy atom. The molecule has 0 aliphatic carbocycles. The largest absolute Gasteiger partial charge is 0.490 e. The molecule has 0 saturated carbocycles. The predicted molar refractivity (Wildman–Crippen MR) is 119 cm³/mol. The molecule has 0 aliphatic rings. The summed E-state index contributed by atoms with van der Waals surface area (Å²) >= 11 is 0. The standard InChI is InChI=1S/C26H28O4/c1-4-26(2,3)20-14-16-22(17-15-20)30-25(27)23-12-8-9-13-24(23)29-19-18-28-21-10-6-5-7-11-21/h5-17H,4,18-19H2,1-3H3. The highest BCUT2D eigenvalue weighted by molar-refractivity contribution is 5.94. The molecule has 0 atom stereocenters. The van der Waals surface area contributed by atoms with Crippen LogP contribution in [0.4, 0.5) is 0 Å². The van der Waals surface area contributed by atoms with Crippen molar-refractivity contribution in [2.75, 3.05) is 13.2 Å². The molecule has 0 spiro atoms. The number of carbonyl (C=O) groups excluding carboxylic acids is 1. The fourth-order valence-electron chi connectivity index (χ4n) is 2.93. The fraction of sp³-hybridized carbons (Fsp3) is 0.269. The average Bonchev–Trinajstić information content (AvgIpc) is 2.78. The van der Waals surface area contributed by atoms with Gasteiger partial charge in [-0.15, -0.1) is 0 Å². The molecule has 0 amide bonds. The molecular formula is C26H28O4. The number of hydrogen-bond donors (Lipinski definition) is 0. The van der Waals surface area contributed by atoms with Crippen molar-refractivity contribution in [1.82, 2.24) is 0 Å². The van der Waals surface area contributed by atoms with Gasteiger partial charge in [0, 0.05) is 0 Å². The van der Waals surface area contributed by atoms with Crippen molar-refractivity contribution >= 4 is 5.97 Å². The minimum atomic E-state index is -0.447. The number of hydrogen-bond acceptors (Lipinski definition) is 4. The van der Waals surface area contributed by atoms with Crippen LogP contribution in [0.15, 0.2) is 78.9 Å². The molecule has 0 heterocycles. The third-order valence-electron chi connectivity index (χ3n) is 5.19. The van der Waals surface area contributed by atoms with Crippen molar-refractivity contribution < 1.29 is 19.0 Å². The molecule has 3 aromatic rings. The van der Waals surface area contributed by atoms with Crippen LogP contribution in [0.25, 0.3) is 0 Å². The zero-order chi connectivity index (χ0) is 21.4. The zero-order valence-corrected chi connectivity index (χ0v) is 17.8. The highest BCUT2D eigenvalue weighted by Gasteiger charge is 2.19. The maximum atomic E-state index is 12.7. The topological polar surface area (TPSA) is 44.8 Å². The Balaban J connectivity index is 1.59. The van der Waals surface area contributed by atoms with Crippen LogP contribution in [-0.2, 0) is 5.41 Å². The molecule has 0 fully saturated rings. The van der Waals surface area contributed by atoms with Gasteiger partial charge in [0.15, 0.2) is 0 Å². The summed E-state index contributed by atoms with van der Waals surface area (Å²) in [7, 11) is 0. The average molecular weight is 405 g/mol. The molecule has 0 aliphatic heterocycles.